The van der Waals surface area contributed by atoms with Crippen molar-refractivity contribution in [2.24, 2.45) is 5.73 Å². The molecule has 0 rings (SSSR count). The van der Waals surface area contributed by atoms with Crippen LogP contribution >= 0.6 is 0 Å². The Bertz CT molecular complexity index is 20.0. The molecule has 2 N–H and O–H groups in total. The molecule has 0 aliphatic heterocycles. The van der Waals surface area contributed by atoms with Crippen molar-refractivity contribution in [2.75, 3.05) is 6.44 Å². The van der Waals surface area contributed by atoms with Crippen LogP contribution in [-0.2, 0) is 0 Å². The normalized spacial score (nSPS) is 5.00. The Morgan fingerprint density at radius 1 is 2.00 bits per heavy atom. The van der Waals surface area contributed by atoms with Crippen molar-refractivity contribution >= 4 is 14.2 Å². The number of hydrogen-bond acceptors (Lipinski definition) is 1. The van der Waals surface area contributed by atoms with E-state index in [1.807, 2.05) is 0 Å². The van der Waals surface area contributed by atoms with Crippen LogP contribution in [0.3, 0.4) is 0 Å². The minimum absolute atomic E-state index is 0.583. The molecule has 0 aliphatic rings. The van der Waals surface area contributed by atoms with E-state index < -0.39 is 0 Å². The first-order valence-corrected chi connectivity index (χ1v) is 1.22. The van der Waals surface area contributed by atoms with E-state index in [-0.39, 0.29) is 0 Å². The average molecular weight is 52.7 g/mol. The van der Waals surface area contributed by atoms with Gasteiger partial charge in [-0.1, -0.05) is 0 Å². The molecule has 20 valence electrons. The molecule has 0 aromatic carbocycles. The van der Waals surface area contributed by atoms with Gasteiger partial charge in [-0.25, -0.2) is 0 Å². The van der Waals surface area contributed by atoms with Crippen LogP contribution in [0, 0.1) is 0 Å². The van der Waals surface area contributed by atoms with Crippen molar-refractivity contribution in [3.63, 3.8) is 0 Å². The third-order valence-corrected chi connectivity index (χ3v) is 0.167. The Balaban J connectivity index is 2.30. The molecule has 0 fully saturated rings. The van der Waals surface area contributed by atoms with Crippen molar-refractivity contribution in [3.8, 4) is 0 Å². The molecule has 0 radical (unpaired) electrons. The monoisotopic (exact) mass is 53.1 g/mol. The summed E-state index contributed by atoms with van der Waals surface area (Å²) < 4.78 is 0. The van der Waals surface area contributed by atoms with Gasteiger partial charge in [-0.2, -0.15) is 0 Å². The Hall–Kier alpha value is 0.0899. The van der Waals surface area contributed by atoms with Gasteiger partial charge in [-0.05, 0) is 0 Å². The fourth-order valence-corrected chi connectivity index (χ4v) is 0. The van der Waals surface area contributed by atoms with Gasteiger partial charge in [0.1, 0.15) is 0 Å². The zero-order chi connectivity index (χ0) is 3.41. The fraction of sp³-hybridized carbons (Fsp3) is 1.00. The van der Waals surface area contributed by atoms with E-state index in [9.17, 15) is 0 Å². The summed E-state index contributed by atoms with van der Waals surface area (Å²) in [4.78, 5) is 0. The van der Waals surface area contributed by atoms with Crippen LogP contribution in [0.2, 0.25) is 0 Å². The standard InChI is InChI=1S/CH5B2N/c2-3-1-4/h2H,1,4H2. The summed E-state index contributed by atoms with van der Waals surface area (Å²) in [7, 11) is 3.35. The second-order valence-electron chi connectivity index (χ2n) is 0.524. The number of nitrogens with two attached hydrogens (primary N) is 1. The number of hydrogen-bond donors (Lipinski definition) is 1. The summed E-state index contributed by atoms with van der Waals surface area (Å²) in [6.07, 6.45) is 0.583. The van der Waals surface area contributed by atoms with Crippen LogP contribution in [0.4, 0.5) is 0 Å². The molecule has 0 aromatic rings. The van der Waals surface area contributed by atoms with E-state index in [2.05, 4.69) is 7.37 Å². The van der Waals surface area contributed by atoms with E-state index in [1.54, 1.807) is 6.80 Å². The minimum atomic E-state index is 0.583. The Morgan fingerprint density at radius 2 is 2.25 bits per heavy atom. The predicted octanol–water partition coefficient (Wildman–Crippen LogP) is -1.58. The van der Waals surface area contributed by atoms with E-state index in [0.717, 1.165) is 0 Å². The molecule has 4 heavy (non-hydrogen) atoms. The zero-order valence-corrected chi connectivity index (χ0v) is 2.57. The molecule has 0 amide bonds. The molecule has 0 aromatic heterocycles. The van der Waals surface area contributed by atoms with Crippen LogP contribution in [0.25, 0.3) is 0 Å². The van der Waals surface area contributed by atoms with E-state index in [4.69, 9.17) is 5.73 Å². The summed E-state index contributed by atoms with van der Waals surface area (Å²) in [6.45, 7) is 1.65. The summed E-state index contributed by atoms with van der Waals surface area (Å²) in [6, 6.07) is 0. The molecule has 0 heterocycles. The third-order valence-electron chi connectivity index (χ3n) is 0.167. The second-order valence-corrected chi connectivity index (χ2v) is 0.524. The van der Waals surface area contributed by atoms with Gasteiger partial charge < -0.3 is 0 Å². The van der Waals surface area contributed by atoms with Crippen LogP contribution in [-0.4, -0.2) is 20.6 Å². The van der Waals surface area contributed by atoms with Crippen molar-refractivity contribution in [1.82, 2.24) is 0 Å². The SMILES string of the molecule is B=BCN. The van der Waals surface area contributed by atoms with Gasteiger partial charge in [0, 0.05) is 0 Å². The predicted molar refractivity (Wildman–Crippen MR) is 22.0 cm³/mol. The molecular weight excluding hydrogens is 47.6 g/mol. The summed E-state index contributed by atoms with van der Waals surface area (Å²) in [5, 5.41) is 0. The van der Waals surface area contributed by atoms with Gasteiger partial charge >= 0.3 is 26.3 Å². The summed E-state index contributed by atoms with van der Waals surface area (Å²) >= 11 is 0. The summed E-state index contributed by atoms with van der Waals surface area (Å²) in [5.74, 6) is 0. The van der Waals surface area contributed by atoms with Crippen LogP contribution in [0.15, 0.2) is 0 Å². The van der Waals surface area contributed by atoms with Crippen molar-refractivity contribution in [1.29, 1.82) is 0 Å². The quantitative estimate of drug-likeness (QED) is 0.358. The third kappa shape index (κ3) is 2.09. The summed E-state index contributed by atoms with van der Waals surface area (Å²) in [5.41, 5.74) is 4.91. The first-order chi connectivity index (χ1) is 1.91. The maximum absolute atomic E-state index is 4.91. The Morgan fingerprint density at radius 3 is 2.25 bits per heavy atom. The molecule has 0 saturated carbocycles. The molecule has 0 unspecified atom stereocenters. The maximum atomic E-state index is 4.91. The molecule has 3 heteroatoms. The Labute approximate surface area is 27.5 Å². The van der Waals surface area contributed by atoms with Crippen molar-refractivity contribution < 1.29 is 0 Å². The molecule has 0 atom stereocenters. The van der Waals surface area contributed by atoms with Crippen LogP contribution < -0.4 is 5.73 Å². The molecular formula is CH5B2N. The first-order valence-electron chi connectivity index (χ1n) is 1.22. The first kappa shape index (κ1) is 4.09. The average Bonchev–Trinajstić information content (AvgIpc) is 1.37. The second kappa shape index (κ2) is 3.09. The topological polar surface area (TPSA) is 26.0 Å². The molecule has 1 nitrogen and oxygen atoms in total. The van der Waals surface area contributed by atoms with Gasteiger partial charge in [0.15, 0.2) is 0 Å². The van der Waals surface area contributed by atoms with Gasteiger partial charge in [0.2, 0.25) is 0 Å². The zero-order valence-electron chi connectivity index (χ0n) is 2.57. The molecule has 0 saturated heterocycles. The number of rotatable bonds is 1. The van der Waals surface area contributed by atoms with E-state index >= 15 is 0 Å². The van der Waals surface area contributed by atoms with Gasteiger partial charge in [0.25, 0.3) is 0 Å². The van der Waals surface area contributed by atoms with Gasteiger partial charge in [0.05, 0.1) is 0 Å². The van der Waals surface area contributed by atoms with Crippen molar-refractivity contribution in [2.45, 2.75) is 0 Å². The van der Waals surface area contributed by atoms with Crippen LogP contribution in [0.5, 0.6) is 0 Å². The molecule has 0 bridgehead atoms. The Kier molecular flexibility index (Phi) is 3.16. The molecule has 0 spiro atoms. The van der Waals surface area contributed by atoms with E-state index in [1.165, 1.54) is 0 Å². The fourth-order valence-electron chi connectivity index (χ4n) is 0. The van der Waals surface area contributed by atoms with Gasteiger partial charge in [-0.3, -0.25) is 0 Å². The van der Waals surface area contributed by atoms with Crippen LogP contribution in [0.1, 0.15) is 0 Å². The van der Waals surface area contributed by atoms with Crippen molar-refractivity contribution in [3.05, 3.63) is 0 Å². The van der Waals surface area contributed by atoms with E-state index in [0.29, 0.717) is 6.44 Å². The van der Waals surface area contributed by atoms with Gasteiger partial charge in [-0.15, -0.1) is 0 Å². The molecule has 0 aliphatic carbocycles.